The van der Waals surface area contributed by atoms with Crippen molar-refractivity contribution in [3.05, 3.63) is 23.8 Å². The Hall–Kier alpha value is -2.08. The molecule has 0 bridgehead atoms. The van der Waals surface area contributed by atoms with E-state index in [9.17, 15) is 14.7 Å². The molecule has 1 aromatic rings. The highest BCUT2D eigenvalue weighted by Crippen LogP contribution is 2.27. The van der Waals surface area contributed by atoms with Gasteiger partial charge in [0.2, 0.25) is 5.91 Å². The molecule has 1 aliphatic rings. The van der Waals surface area contributed by atoms with Crippen molar-refractivity contribution in [1.82, 2.24) is 0 Å². The summed E-state index contributed by atoms with van der Waals surface area (Å²) < 4.78 is 5.64. The number of carbonyl (C=O) groups is 2. The molecule has 0 aliphatic heterocycles. The van der Waals surface area contributed by atoms with Crippen molar-refractivity contribution in [2.45, 2.75) is 45.6 Å². The van der Waals surface area contributed by atoms with Crippen LogP contribution in [-0.4, -0.2) is 29.6 Å². The maximum absolute atomic E-state index is 12.3. The van der Waals surface area contributed by atoms with Gasteiger partial charge < -0.3 is 20.9 Å². The van der Waals surface area contributed by atoms with Crippen molar-refractivity contribution in [3.8, 4) is 5.75 Å². The minimum absolute atomic E-state index is 0.0862. The Labute approximate surface area is 142 Å². The summed E-state index contributed by atoms with van der Waals surface area (Å²) in [6.45, 7) is 4.68. The lowest BCUT2D eigenvalue weighted by atomic mass is 10.0. The second kappa shape index (κ2) is 8.15. The van der Waals surface area contributed by atoms with Crippen molar-refractivity contribution in [2.24, 2.45) is 17.6 Å². The van der Waals surface area contributed by atoms with Crippen molar-refractivity contribution < 1.29 is 19.4 Å². The van der Waals surface area contributed by atoms with Crippen LogP contribution in [0, 0.1) is 11.8 Å². The first-order chi connectivity index (χ1) is 11.4. The van der Waals surface area contributed by atoms with E-state index < -0.39 is 5.97 Å². The summed E-state index contributed by atoms with van der Waals surface area (Å²) in [5.74, 6) is -0.492. The molecule has 6 heteroatoms. The van der Waals surface area contributed by atoms with Crippen molar-refractivity contribution in [3.63, 3.8) is 0 Å². The maximum Gasteiger partial charge on any atom is 0.335 e. The van der Waals surface area contributed by atoms with Gasteiger partial charge in [-0.3, -0.25) is 4.79 Å². The molecule has 2 atom stereocenters. The van der Waals surface area contributed by atoms with Gasteiger partial charge in [-0.15, -0.1) is 0 Å². The van der Waals surface area contributed by atoms with Gasteiger partial charge in [0.1, 0.15) is 5.75 Å². The summed E-state index contributed by atoms with van der Waals surface area (Å²) in [5, 5.41) is 12.0. The quantitative estimate of drug-likeness (QED) is 0.711. The summed E-state index contributed by atoms with van der Waals surface area (Å²) in [6.07, 6.45) is 3.42. The fourth-order valence-corrected chi connectivity index (χ4v) is 2.84. The van der Waals surface area contributed by atoms with E-state index in [1.807, 2.05) is 0 Å². The summed E-state index contributed by atoms with van der Waals surface area (Å²) in [5.41, 5.74) is 6.47. The third kappa shape index (κ3) is 4.96. The largest absolute Gasteiger partial charge is 0.493 e. The van der Waals surface area contributed by atoms with E-state index >= 15 is 0 Å². The third-order valence-corrected chi connectivity index (χ3v) is 4.29. The fraction of sp³-hybridized carbons (Fsp3) is 0.556. The monoisotopic (exact) mass is 334 g/mol. The average molecular weight is 334 g/mol. The Kier molecular flexibility index (Phi) is 6.20. The Balaban J connectivity index is 2.11. The van der Waals surface area contributed by atoms with Crippen LogP contribution in [0.1, 0.15) is 49.9 Å². The third-order valence-electron chi connectivity index (χ3n) is 4.29. The van der Waals surface area contributed by atoms with E-state index in [4.69, 9.17) is 10.5 Å². The number of nitrogens with one attached hydrogen (secondary N) is 1. The van der Waals surface area contributed by atoms with Crippen LogP contribution in [0.4, 0.5) is 5.69 Å². The number of hydrogen-bond acceptors (Lipinski definition) is 4. The number of anilines is 1. The van der Waals surface area contributed by atoms with Gasteiger partial charge in [0, 0.05) is 17.8 Å². The number of hydrogen-bond donors (Lipinski definition) is 3. The topological polar surface area (TPSA) is 102 Å². The molecule has 1 saturated carbocycles. The molecule has 0 heterocycles. The van der Waals surface area contributed by atoms with Gasteiger partial charge >= 0.3 is 5.97 Å². The Morgan fingerprint density at radius 2 is 2.08 bits per heavy atom. The first kappa shape index (κ1) is 18.3. The number of amides is 1. The lowest BCUT2D eigenvalue weighted by Crippen LogP contribution is -2.34. The second-order valence-corrected chi connectivity index (χ2v) is 6.77. The molecular formula is C18H26N2O4. The lowest BCUT2D eigenvalue weighted by Gasteiger charge is -2.16. The molecule has 132 valence electrons. The molecule has 0 aromatic heterocycles. The molecule has 2 unspecified atom stereocenters. The smallest absolute Gasteiger partial charge is 0.335 e. The average Bonchev–Trinajstić information content (AvgIpc) is 2.92. The highest BCUT2D eigenvalue weighted by Gasteiger charge is 2.30. The second-order valence-electron chi connectivity index (χ2n) is 6.77. The lowest BCUT2D eigenvalue weighted by molar-refractivity contribution is -0.120. The van der Waals surface area contributed by atoms with Crippen LogP contribution >= 0.6 is 0 Å². The number of rotatable bonds is 7. The number of nitrogens with two attached hydrogens (primary N) is 1. The van der Waals surface area contributed by atoms with E-state index in [2.05, 4.69) is 19.2 Å². The van der Waals surface area contributed by atoms with Gasteiger partial charge in [0.25, 0.3) is 0 Å². The predicted octanol–water partition coefficient (Wildman–Crippen LogP) is 2.88. The van der Waals surface area contributed by atoms with Gasteiger partial charge in [-0.1, -0.05) is 20.3 Å². The molecule has 24 heavy (non-hydrogen) atoms. The van der Waals surface area contributed by atoms with Gasteiger partial charge in [-0.2, -0.15) is 0 Å². The number of aromatic carboxylic acids is 1. The zero-order valence-electron chi connectivity index (χ0n) is 14.2. The standard InChI is InChI=1S/C18H26N2O4/c1-11(2)6-7-24-14-9-12(18(22)23)8-13(10-14)20-17(21)15-4-3-5-16(15)19/h8-11,15-16H,3-7,19H2,1-2H3,(H,20,21)(H,22,23). The van der Waals surface area contributed by atoms with Crippen LogP contribution in [-0.2, 0) is 4.79 Å². The van der Waals surface area contributed by atoms with Crippen LogP contribution in [0.25, 0.3) is 0 Å². The van der Waals surface area contributed by atoms with Crippen molar-refractivity contribution in [1.29, 1.82) is 0 Å². The number of carbonyl (C=O) groups excluding carboxylic acids is 1. The molecule has 1 amide bonds. The normalized spacial score (nSPS) is 20.2. The Bertz CT molecular complexity index is 601. The molecule has 1 aliphatic carbocycles. The minimum atomic E-state index is -1.06. The fourth-order valence-electron chi connectivity index (χ4n) is 2.84. The zero-order valence-corrected chi connectivity index (χ0v) is 14.2. The van der Waals surface area contributed by atoms with Crippen molar-refractivity contribution in [2.75, 3.05) is 11.9 Å². The van der Waals surface area contributed by atoms with Crippen LogP contribution < -0.4 is 15.8 Å². The molecule has 0 spiro atoms. The summed E-state index contributed by atoms with van der Waals surface area (Å²) >= 11 is 0. The summed E-state index contributed by atoms with van der Waals surface area (Å²) in [7, 11) is 0. The van der Waals surface area contributed by atoms with Gasteiger partial charge in [0.15, 0.2) is 0 Å². The zero-order chi connectivity index (χ0) is 17.7. The van der Waals surface area contributed by atoms with Crippen molar-refractivity contribution >= 4 is 17.6 Å². The molecule has 1 fully saturated rings. The van der Waals surface area contributed by atoms with Gasteiger partial charge in [-0.05, 0) is 37.3 Å². The SMILES string of the molecule is CC(C)CCOc1cc(NC(=O)C2CCCC2N)cc(C(=O)O)c1. The number of ether oxygens (including phenoxy) is 1. The number of carboxylic acids is 1. The maximum atomic E-state index is 12.3. The van der Waals surface area contributed by atoms with Gasteiger partial charge in [0.05, 0.1) is 18.1 Å². The van der Waals surface area contributed by atoms with E-state index in [0.717, 1.165) is 25.7 Å². The first-order valence-corrected chi connectivity index (χ1v) is 8.44. The first-order valence-electron chi connectivity index (χ1n) is 8.44. The molecule has 1 aromatic carbocycles. The van der Waals surface area contributed by atoms with Crippen LogP contribution in [0.15, 0.2) is 18.2 Å². The highest BCUT2D eigenvalue weighted by molar-refractivity contribution is 5.96. The Morgan fingerprint density at radius 1 is 1.33 bits per heavy atom. The highest BCUT2D eigenvalue weighted by atomic mass is 16.5. The van der Waals surface area contributed by atoms with Crippen LogP contribution in [0.3, 0.4) is 0 Å². The van der Waals surface area contributed by atoms with Crippen LogP contribution in [0.2, 0.25) is 0 Å². The van der Waals surface area contributed by atoms with E-state index in [1.165, 1.54) is 12.1 Å². The summed E-state index contributed by atoms with van der Waals surface area (Å²) in [6, 6.07) is 4.44. The molecule has 2 rings (SSSR count). The predicted molar refractivity (Wildman–Crippen MR) is 92.3 cm³/mol. The molecule has 6 nitrogen and oxygen atoms in total. The van der Waals surface area contributed by atoms with E-state index in [1.54, 1.807) is 6.07 Å². The minimum Gasteiger partial charge on any atom is -0.493 e. The number of carboxylic acid groups (broad SMARTS) is 1. The molecule has 0 saturated heterocycles. The van der Waals surface area contributed by atoms with E-state index in [-0.39, 0.29) is 23.4 Å². The Morgan fingerprint density at radius 3 is 2.67 bits per heavy atom. The van der Waals surface area contributed by atoms with E-state index in [0.29, 0.717) is 24.0 Å². The molecule has 0 radical (unpaired) electrons. The molecular weight excluding hydrogens is 308 g/mol. The summed E-state index contributed by atoms with van der Waals surface area (Å²) in [4.78, 5) is 23.6. The molecule has 4 N–H and O–H groups in total. The van der Waals surface area contributed by atoms with Crippen LogP contribution in [0.5, 0.6) is 5.75 Å². The number of benzene rings is 1. The van der Waals surface area contributed by atoms with Gasteiger partial charge in [-0.25, -0.2) is 4.79 Å².